The van der Waals surface area contributed by atoms with E-state index in [9.17, 15) is 14.0 Å². The van der Waals surface area contributed by atoms with Crippen molar-refractivity contribution >= 4 is 46.4 Å². The van der Waals surface area contributed by atoms with Gasteiger partial charge in [0.1, 0.15) is 24.1 Å². The van der Waals surface area contributed by atoms with Gasteiger partial charge in [-0.05, 0) is 60.4 Å². The highest BCUT2D eigenvalue weighted by molar-refractivity contribution is 7.04. The summed E-state index contributed by atoms with van der Waals surface area (Å²) in [5, 5.41) is 7.56. The molecule has 5 rings (SSSR count). The molecule has 8 nitrogen and oxygen atoms in total. The van der Waals surface area contributed by atoms with Crippen LogP contribution in [0, 0.1) is 17.5 Å². The van der Waals surface area contributed by atoms with Crippen molar-refractivity contribution in [3.8, 4) is 17.0 Å². The number of hydrogen-bond acceptors (Lipinski definition) is 8. The molecule has 43 heavy (non-hydrogen) atoms. The van der Waals surface area contributed by atoms with Gasteiger partial charge in [0.25, 0.3) is 0 Å². The first-order chi connectivity index (χ1) is 20.7. The molecule has 0 unspecified atom stereocenters. The lowest BCUT2D eigenvalue weighted by Crippen LogP contribution is -2.33. The zero-order valence-electron chi connectivity index (χ0n) is 22.7. The maximum absolute atomic E-state index is 15.2. The first kappa shape index (κ1) is 30.3. The van der Waals surface area contributed by atoms with E-state index in [4.69, 9.17) is 25.8 Å². The molecule has 13 heteroatoms. The second kappa shape index (κ2) is 13.4. The van der Waals surface area contributed by atoms with Crippen LogP contribution in [0.3, 0.4) is 0 Å². The minimum absolute atomic E-state index is 0.00358. The van der Waals surface area contributed by atoms with Crippen LogP contribution in [0.1, 0.15) is 27.9 Å². The number of benzene rings is 3. The van der Waals surface area contributed by atoms with Gasteiger partial charge in [-0.3, -0.25) is 4.79 Å². The van der Waals surface area contributed by atoms with E-state index in [1.807, 2.05) is 0 Å². The molecule has 1 saturated heterocycles. The average Bonchev–Trinajstić information content (AvgIpc) is 3.42. The van der Waals surface area contributed by atoms with Gasteiger partial charge in [0.2, 0.25) is 11.8 Å². The number of hydrogen-bond donors (Lipinski definition) is 2. The normalized spacial score (nSPS) is 14.1. The molecule has 1 amide bonds. The number of methoxy groups -OCH3 is 1. The predicted molar refractivity (Wildman–Crippen MR) is 156 cm³/mol. The minimum atomic E-state index is -0.811. The Bertz CT molecular complexity index is 1660. The summed E-state index contributed by atoms with van der Waals surface area (Å²) in [6, 6.07) is 10.6. The van der Waals surface area contributed by atoms with E-state index in [2.05, 4.69) is 15.0 Å². The highest BCUT2D eigenvalue weighted by Crippen LogP contribution is 2.35. The van der Waals surface area contributed by atoms with Gasteiger partial charge in [-0.2, -0.15) is 4.37 Å². The summed E-state index contributed by atoms with van der Waals surface area (Å²) in [5.41, 5.74) is 1.17. The van der Waals surface area contributed by atoms with Gasteiger partial charge in [-0.1, -0.05) is 17.7 Å². The van der Waals surface area contributed by atoms with Crippen LogP contribution in [0.5, 0.6) is 5.88 Å². The lowest BCUT2D eigenvalue weighted by molar-refractivity contribution is -0.115. The van der Waals surface area contributed by atoms with Crippen molar-refractivity contribution < 1.29 is 37.0 Å². The fourth-order valence-corrected chi connectivity index (χ4v) is 5.10. The van der Waals surface area contributed by atoms with Crippen LogP contribution in [0.4, 0.5) is 24.5 Å². The van der Waals surface area contributed by atoms with E-state index in [1.165, 1.54) is 42.8 Å². The highest BCUT2D eigenvalue weighted by atomic mass is 35.5. The molecule has 0 radical (unpaired) electrons. The van der Waals surface area contributed by atoms with Gasteiger partial charge in [-0.25, -0.2) is 18.0 Å². The summed E-state index contributed by atoms with van der Waals surface area (Å²) >= 11 is 6.74. The number of ether oxygens (including phenoxy) is 3. The van der Waals surface area contributed by atoms with Crippen molar-refractivity contribution in [1.29, 1.82) is 0 Å². The topological polar surface area (TPSA) is 98.8 Å². The van der Waals surface area contributed by atoms with Gasteiger partial charge in [0, 0.05) is 40.2 Å². The fourth-order valence-electron chi connectivity index (χ4n) is 4.31. The Kier molecular flexibility index (Phi) is 9.49. The molecule has 0 spiro atoms. The number of carbonyl (C=O) groups is 2. The van der Waals surface area contributed by atoms with Crippen LogP contribution >= 0.6 is 23.1 Å². The van der Waals surface area contributed by atoms with Crippen molar-refractivity contribution in [2.24, 2.45) is 0 Å². The number of aromatic nitrogens is 1. The molecule has 0 aliphatic carbocycles. The number of carbonyl (C=O) groups excluding carboxylic acids is 2. The SMILES string of the molecule is COC(=O)c1ccc(NC(=O)Cc2cc(F)c(-c3csnc3OCc3ccc(Cl)cc3F)cc2F)c(NC[C@@H]2CCO2)c1. The van der Waals surface area contributed by atoms with Crippen molar-refractivity contribution in [1.82, 2.24) is 4.37 Å². The maximum Gasteiger partial charge on any atom is 0.337 e. The first-order valence-corrected chi connectivity index (χ1v) is 14.3. The zero-order chi connectivity index (χ0) is 30.5. The van der Waals surface area contributed by atoms with Crippen molar-refractivity contribution in [3.63, 3.8) is 0 Å². The highest BCUT2D eigenvalue weighted by Gasteiger charge is 2.21. The van der Waals surface area contributed by atoms with E-state index >= 15 is 8.78 Å². The standard InChI is InChI=1S/C30H25ClF3N3O5S/c1-40-30(39)16-3-5-26(27(9-16)35-13-20-6-7-41-20)36-28(38)10-18-8-25(34)21(12-24(18)33)22-15-43-37-29(22)42-14-17-2-4-19(31)11-23(17)32/h2-5,8-9,11-12,15,20,35H,6-7,10,13-14H2,1H3,(H,36,38)/t20-/m0/s1. The van der Waals surface area contributed by atoms with E-state index in [0.717, 1.165) is 36.2 Å². The Balaban J connectivity index is 1.29. The number of nitrogens with zero attached hydrogens (tertiary/aromatic N) is 1. The molecular weight excluding hydrogens is 607 g/mol. The largest absolute Gasteiger partial charge is 0.472 e. The minimum Gasteiger partial charge on any atom is -0.472 e. The molecule has 1 atom stereocenters. The summed E-state index contributed by atoms with van der Waals surface area (Å²) in [4.78, 5) is 24.9. The van der Waals surface area contributed by atoms with Gasteiger partial charge >= 0.3 is 5.97 Å². The monoisotopic (exact) mass is 631 g/mol. The van der Waals surface area contributed by atoms with Crippen LogP contribution in [0.15, 0.2) is 53.9 Å². The van der Waals surface area contributed by atoms with E-state index in [1.54, 1.807) is 0 Å². The number of amides is 1. The summed E-state index contributed by atoms with van der Waals surface area (Å²) in [5.74, 6) is -3.33. The maximum atomic E-state index is 15.2. The van der Waals surface area contributed by atoms with Crippen LogP contribution in [0.2, 0.25) is 5.02 Å². The Morgan fingerprint density at radius 1 is 1.02 bits per heavy atom. The molecule has 224 valence electrons. The molecule has 1 fully saturated rings. The number of anilines is 2. The third kappa shape index (κ3) is 7.27. The molecule has 1 aromatic heterocycles. The smallest absolute Gasteiger partial charge is 0.337 e. The lowest BCUT2D eigenvalue weighted by Gasteiger charge is -2.27. The molecule has 2 heterocycles. The second-order valence-electron chi connectivity index (χ2n) is 9.62. The average molecular weight is 632 g/mol. The third-order valence-corrected chi connectivity index (χ3v) is 7.57. The molecule has 4 aromatic rings. The molecule has 0 saturated carbocycles. The number of esters is 1. The first-order valence-electron chi connectivity index (χ1n) is 13.1. The molecule has 1 aliphatic heterocycles. The molecule has 0 bridgehead atoms. The summed E-state index contributed by atoms with van der Waals surface area (Å²) in [7, 11) is 1.26. The van der Waals surface area contributed by atoms with Crippen LogP contribution in [-0.4, -0.2) is 42.6 Å². The Hall–Kier alpha value is -4.13. The fraction of sp³-hybridized carbons (Fsp3) is 0.233. The number of nitrogens with one attached hydrogen (secondary N) is 2. The lowest BCUT2D eigenvalue weighted by atomic mass is 10.0. The van der Waals surface area contributed by atoms with Crippen LogP contribution < -0.4 is 15.4 Å². The quantitative estimate of drug-likeness (QED) is 0.179. The molecule has 3 aromatic carbocycles. The molecule has 1 aliphatic rings. The van der Waals surface area contributed by atoms with E-state index in [-0.39, 0.29) is 51.4 Å². The summed E-state index contributed by atoms with van der Waals surface area (Å²) < 4.78 is 64.4. The van der Waals surface area contributed by atoms with Crippen LogP contribution in [-0.2, 0) is 27.3 Å². The van der Waals surface area contributed by atoms with Gasteiger partial charge in [-0.15, -0.1) is 0 Å². The van der Waals surface area contributed by atoms with E-state index < -0.39 is 35.7 Å². The molecule has 2 N–H and O–H groups in total. The number of halogens is 4. The second-order valence-corrected chi connectivity index (χ2v) is 10.7. The summed E-state index contributed by atoms with van der Waals surface area (Å²) in [6.45, 7) is 0.916. The van der Waals surface area contributed by atoms with Crippen molar-refractivity contribution in [2.45, 2.75) is 25.6 Å². The van der Waals surface area contributed by atoms with Crippen molar-refractivity contribution in [3.05, 3.63) is 93.1 Å². The van der Waals surface area contributed by atoms with Gasteiger partial charge < -0.3 is 24.8 Å². The number of rotatable bonds is 11. The zero-order valence-corrected chi connectivity index (χ0v) is 24.3. The Morgan fingerprint density at radius 3 is 2.53 bits per heavy atom. The van der Waals surface area contributed by atoms with E-state index in [0.29, 0.717) is 24.5 Å². The predicted octanol–water partition coefficient (Wildman–Crippen LogP) is 6.63. The van der Waals surface area contributed by atoms with Gasteiger partial charge in [0.05, 0.1) is 42.1 Å². The van der Waals surface area contributed by atoms with Crippen LogP contribution in [0.25, 0.3) is 11.1 Å². The van der Waals surface area contributed by atoms with Crippen molar-refractivity contribution in [2.75, 3.05) is 30.9 Å². The Morgan fingerprint density at radius 2 is 1.81 bits per heavy atom. The summed E-state index contributed by atoms with van der Waals surface area (Å²) in [6.07, 6.45) is 0.417. The molecular formula is C30H25ClF3N3O5S. The Labute approximate surface area is 253 Å². The third-order valence-electron chi connectivity index (χ3n) is 6.72. The van der Waals surface area contributed by atoms with Gasteiger partial charge in [0.15, 0.2) is 0 Å².